The predicted octanol–water partition coefficient (Wildman–Crippen LogP) is 2.54. The first-order chi connectivity index (χ1) is 13.8. The number of hydrogen-bond acceptors (Lipinski definition) is 5. The minimum Gasteiger partial charge on any atom is -0.370 e. The molecule has 1 aliphatic heterocycles. The number of quaternary nitrogens is 1. The molecule has 0 amide bonds. The van der Waals surface area contributed by atoms with Crippen LogP contribution in [0.4, 0.5) is 0 Å². The van der Waals surface area contributed by atoms with E-state index in [1.54, 1.807) is 23.1 Å². The van der Waals surface area contributed by atoms with Crippen molar-refractivity contribution >= 4 is 33.3 Å². The molecule has 4 rings (SSSR count). The summed E-state index contributed by atoms with van der Waals surface area (Å²) in [6.45, 7) is 7.45. The smallest absolute Gasteiger partial charge is 0.272 e. The minimum atomic E-state index is 0.100. The Labute approximate surface area is 173 Å². The summed E-state index contributed by atoms with van der Waals surface area (Å²) in [4.78, 5) is 20.8. The SMILES string of the molecule is CCCSc1nc2cc(-c3ccccc3)sc2c(=O)n1CC[NH+]1CCOCC1. The quantitative estimate of drug-likeness (QED) is 0.475. The number of thiophene rings is 1. The van der Waals surface area contributed by atoms with Crippen molar-refractivity contribution in [3.63, 3.8) is 0 Å². The average Bonchev–Trinajstić information content (AvgIpc) is 3.17. The Kier molecular flexibility index (Phi) is 6.47. The van der Waals surface area contributed by atoms with Crippen LogP contribution >= 0.6 is 23.1 Å². The molecule has 0 spiro atoms. The fraction of sp³-hybridized carbons (Fsp3) is 0.429. The Balaban J connectivity index is 1.68. The van der Waals surface area contributed by atoms with Gasteiger partial charge in [-0.05, 0) is 18.1 Å². The second-order valence-electron chi connectivity index (χ2n) is 7.00. The molecular formula is C21H26N3O2S2+. The highest BCUT2D eigenvalue weighted by Gasteiger charge is 2.18. The molecule has 0 atom stereocenters. The highest BCUT2D eigenvalue weighted by Crippen LogP contribution is 2.31. The van der Waals surface area contributed by atoms with Crippen LogP contribution in [0.1, 0.15) is 13.3 Å². The molecular weight excluding hydrogens is 390 g/mol. The summed E-state index contributed by atoms with van der Waals surface area (Å²) in [6.07, 6.45) is 1.06. The molecule has 5 nitrogen and oxygen atoms in total. The Morgan fingerprint density at radius 1 is 1.25 bits per heavy atom. The molecule has 1 aromatic carbocycles. The fourth-order valence-electron chi connectivity index (χ4n) is 3.42. The third-order valence-electron chi connectivity index (χ3n) is 4.98. The van der Waals surface area contributed by atoms with Crippen molar-refractivity contribution in [2.75, 3.05) is 38.6 Å². The molecule has 3 aromatic rings. The molecule has 1 N–H and O–H groups in total. The highest BCUT2D eigenvalue weighted by atomic mass is 32.2. The van der Waals surface area contributed by atoms with E-state index < -0.39 is 0 Å². The number of aromatic nitrogens is 2. The second kappa shape index (κ2) is 9.22. The number of nitrogens with zero attached hydrogens (tertiary/aromatic N) is 2. The Hall–Kier alpha value is -1.67. The van der Waals surface area contributed by atoms with E-state index in [9.17, 15) is 4.79 Å². The van der Waals surface area contributed by atoms with Crippen LogP contribution < -0.4 is 10.5 Å². The zero-order valence-electron chi connectivity index (χ0n) is 16.1. The first-order valence-corrected chi connectivity index (χ1v) is 11.7. The van der Waals surface area contributed by atoms with Gasteiger partial charge in [-0.3, -0.25) is 9.36 Å². The molecule has 1 aliphatic rings. The van der Waals surface area contributed by atoms with Crippen molar-refractivity contribution in [2.45, 2.75) is 25.0 Å². The standard InChI is InChI=1S/C21H25N3O2S2/c1-2-14-27-21-22-17-15-18(16-6-4-3-5-7-16)28-19(17)20(25)24(21)9-8-23-10-12-26-13-11-23/h3-7,15H,2,8-14H2,1H3/p+1. The molecule has 3 heterocycles. The van der Waals surface area contributed by atoms with E-state index >= 15 is 0 Å². The van der Waals surface area contributed by atoms with E-state index in [4.69, 9.17) is 9.72 Å². The van der Waals surface area contributed by atoms with Gasteiger partial charge in [0, 0.05) is 10.6 Å². The lowest BCUT2D eigenvalue weighted by atomic mass is 10.2. The summed E-state index contributed by atoms with van der Waals surface area (Å²) >= 11 is 3.24. The molecule has 7 heteroatoms. The number of rotatable bonds is 7. The first-order valence-electron chi connectivity index (χ1n) is 9.90. The number of nitrogens with one attached hydrogen (secondary N) is 1. The van der Waals surface area contributed by atoms with E-state index in [1.165, 1.54) is 4.90 Å². The first kappa shape index (κ1) is 19.6. The molecule has 0 radical (unpaired) electrons. The molecule has 148 valence electrons. The Morgan fingerprint density at radius 2 is 2.04 bits per heavy atom. The number of morpholine rings is 1. The monoisotopic (exact) mass is 416 g/mol. The van der Waals surface area contributed by atoms with Gasteiger partial charge in [-0.1, -0.05) is 49.0 Å². The Bertz CT molecular complexity index is 978. The normalized spacial score (nSPS) is 15.3. The van der Waals surface area contributed by atoms with Crippen molar-refractivity contribution < 1.29 is 9.64 Å². The minimum absolute atomic E-state index is 0.100. The van der Waals surface area contributed by atoms with Crippen LogP contribution in [-0.4, -0.2) is 48.2 Å². The second-order valence-corrected chi connectivity index (χ2v) is 9.12. The van der Waals surface area contributed by atoms with E-state index in [1.807, 2.05) is 22.8 Å². The molecule has 0 bridgehead atoms. The summed E-state index contributed by atoms with van der Waals surface area (Å²) in [5, 5.41) is 0.851. The van der Waals surface area contributed by atoms with Crippen LogP contribution in [0.25, 0.3) is 20.7 Å². The van der Waals surface area contributed by atoms with E-state index in [0.717, 1.165) is 70.8 Å². The highest BCUT2D eigenvalue weighted by molar-refractivity contribution is 7.99. The lowest BCUT2D eigenvalue weighted by Gasteiger charge is -2.24. The molecule has 0 aliphatic carbocycles. The van der Waals surface area contributed by atoms with Crippen LogP contribution in [0.2, 0.25) is 0 Å². The molecule has 0 unspecified atom stereocenters. The zero-order chi connectivity index (χ0) is 19.3. The van der Waals surface area contributed by atoms with Gasteiger partial charge >= 0.3 is 0 Å². The average molecular weight is 417 g/mol. The zero-order valence-corrected chi connectivity index (χ0v) is 17.8. The van der Waals surface area contributed by atoms with Gasteiger partial charge in [0.1, 0.15) is 17.8 Å². The number of hydrogen-bond donors (Lipinski definition) is 1. The number of thioether (sulfide) groups is 1. The van der Waals surface area contributed by atoms with Gasteiger partial charge in [0.2, 0.25) is 0 Å². The van der Waals surface area contributed by atoms with Gasteiger partial charge in [-0.25, -0.2) is 4.98 Å². The number of ether oxygens (including phenoxy) is 1. The van der Waals surface area contributed by atoms with Gasteiger partial charge in [-0.2, -0.15) is 0 Å². The molecule has 0 saturated carbocycles. The van der Waals surface area contributed by atoms with Gasteiger partial charge in [0.05, 0.1) is 31.8 Å². The van der Waals surface area contributed by atoms with E-state index in [2.05, 4.69) is 25.1 Å². The maximum absolute atomic E-state index is 13.3. The van der Waals surface area contributed by atoms with E-state index in [-0.39, 0.29) is 5.56 Å². The van der Waals surface area contributed by atoms with Crippen molar-refractivity contribution in [1.82, 2.24) is 9.55 Å². The van der Waals surface area contributed by atoms with Crippen LogP contribution in [-0.2, 0) is 11.3 Å². The van der Waals surface area contributed by atoms with Crippen LogP contribution in [0.15, 0.2) is 46.3 Å². The van der Waals surface area contributed by atoms with Crippen molar-refractivity contribution in [2.24, 2.45) is 0 Å². The summed E-state index contributed by atoms with van der Waals surface area (Å²) < 4.78 is 8.11. The molecule has 1 fully saturated rings. The van der Waals surface area contributed by atoms with E-state index in [0.29, 0.717) is 6.54 Å². The molecule has 1 saturated heterocycles. The number of fused-ring (bicyclic) bond motifs is 1. The van der Waals surface area contributed by atoms with Crippen molar-refractivity contribution in [3.05, 3.63) is 46.8 Å². The third kappa shape index (κ3) is 4.33. The predicted molar refractivity (Wildman–Crippen MR) is 117 cm³/mol. The van der Waals surface area contributed by atoms with Gasteiger partial charge in [0.15, 0.2) is 5.16 Å². The van der Waals surface area contributed by atoms with Crippen LogP contribution in [0.3, 0.4) is 0 Å². The molecule has 28 heavy (non-hydrogen) atoms. The maximum atomic E-state index is 13.3. The summed E-state index contributed by atoms with van der Waals surface area (Å²) in [7, 11) is 0. The Morgan fingerprint density at radius 3 is 2.79 bits per heavy atom. The van der Waals surface area contributed by atoms with Crippen molar-refractivity contribution in [3.8, 4) is 10.4 Å². The summed E-state index contributed by atoms with van der Waals surface area (Å²) in [5.74, 6) is 0.970. The third-order valence-corrected chi connectivity index (χ3v) is 7.32. The summed E-state index contributed by atoms with van der Waals surface area (Å²) in [5.41, 5.74) is 2.06. The van der Waals surface area contributed by atoms with Gasteiger partial charge in [-0.15, -0.1) is 11.3 Å². The van der Waals surface area contributed by atoms with Crippen molar-refractivity contribution in [1.29, 1.82) is 0 Å². The van der Waals surface area contributed by atoms with Crippen LogP contribution in [0.5, 0.6) is 0 Å². The number of benzene rings is 1. The topological polar surface area (TPSA) is 48.6 Å². The fourth-order valence-corrected chi connectivity index (χ4v) is 5.35. The maximum Gasteiger partial charge on any atom is 0.272 e. The summed E-state index contributed by atoms with van der Waals surface area (Å²) in [6, 6.07) is 12.3. The molecule has 2 aromatic heterocycles. The van der Waals surface area contributed by atoms with Gasteiger partial charge < -0.3 is 9.64 Å². The largest absolute Gasteiger partial charge is 0.370 e. The lowest BCUT2D eigenvalue weighted by Crippen LogP contribution is -3.14. The van der Waals surface area contributed by atoms with Crippen LogP contribution in [0, 0.1) is 0 Å². The lowest BCUT2D eigenvalue weighted by molar-refractivity contribution is -0.908. The van der Waals surface area contributed by atoms with Gasteiger partial charge in [0.25, 0.3) is 5.56 Å².